The molecule has 4 nitrogen and oxygen atoms in total. The molecule has 2 aromatic rings. The third-order valence-electron chi connectivity index (χ3n) is 1.96. The Morgan fingerprint density at radius 1 is 1.60 bits per heavy atom. The van der Waals surface area contributed by atoms with Gasteiger partial charge in [0, 0.05) is 4.47 Å². The second-order valence-corrected chi connectivity index (χ2v) is 4.04. The standard InChI is InChI=1S/C9H6BrClN2O2/c1-15-9(14)8-12-4-6-5(10)2-3-7(11)13(6)8/h2-4H,1H3. The molecular weight excluding hydrogens is 283 g/mol. The maximum Gasteiger partial charge on any atom is 0.374 e. The van der Waals surface area contributed by atoms with Crippen molar-refractivity contribution in [1.82, 2.24) is 9.38 Å². The molecule has 0 spiro atoms. The molecule has 0 unspecified atom stereocenters. The Labute approximate surface area is 98.9 Å². The lowest BCUT2D eigenvalue weighted by molar-refractivity contribution is 0.0586. The summed E-state index contributed by atoms with van der Waals surface area (Å²) in [5.74, 6) is -0.353. The number of fused-ring (bicyclic) bond motifs is 1. The highest BCUT2D eigenvalue weighted by molar-refractivity contribution is 9.10. The van der Waals surface area contributed by atoms with Gasteiger partial charge in [0.1, 0.15) is 5.15 Å². The molecule has 0 saturated heterocycles. The van der Waals surface area contributed by atoms with Crippen molar-refractivity contribution in [3.8, 4) is 0 Å². The van der Waals surface area contributed by atoms with Crippen LogP contribution in [-0.2, 0) is 4.74 Å². The number of halogens is 2. The zero-order chi connectivity index (χ0) is 11.0. The van der Waals surface area contributed by atoms with Crippen molar-refractivity contribution in [2.75, 3.05) is 7.11 Å². The minimum absolute atomic E-state index is 0.166. The van der Waals surface area contributed by atoms with E-state index in [-0.39, 0.29) is 5.82 Å². The predicted octanol–water partition coefficient (Wildman–Crippen LogP) is 2.54. The molecule has 0 atom stereocenters. The number of carbonyl (C=O) groups excluding carboxylic acids is 1. The highest BCUT2D eigenvalue weighted by Crippen LogP contribution is 2.23. The molecule has 0 aliphatic rings. The molecule has 78 valence electrons. The van der Waals surface area contributed by atoms with Crippen LogP contribution >= 0.6 is 27.5 Å². The van der Waals surface area contributed by atoms with Crippen LogP contribution in [0.4, 0.5) is 0 Å². The summed E-state index contributed by atoms with van der Waals surface area (Å²) in [5.41, 5.74) is 0.725. The van der Waals surface area contributed by atoms with E-state index >= 15 is 0 Å². The number of imidazole rings is 1. The monoisotopic (exact) mass is 288 g/mol. The lowest BCUT2D eigenvalue weighted by Gasteiger charge is -2.02. The van der Waals surface area contributed by atoms with Gasteiger partial charge in [-0.1, -0.05) is 11.6 Å². The minimum atomic E-state index is -0.519. The summed E-state index contributed by atoms with van der Waals surface area (Å²) >= 11 is 9.31. The van der Waals surface area contributed by atoms with Gasteiger partial charge in [-0.2, -0.15) is 0 Å². The Balaban J connectivity index is 2.79. The SMILES string of the molecule is COC(=O)c1ncc2c(Br)ccc(Cl)n12. The first-order chi connectivity index (χ1) is 7.15. The lowest BCUT2D eigenvalue weighted by atomic mass is 10.4. The Bertz CT molecular complexity index is 538. The van der Waals surface area contributed by atoms with Crippen LogP contribution in [0.25, 0.3) is 5.52 Å². The average Bonchev–Trinajstić information content (AvgIpc) is 2.68. The first kappa shape index (κ1) is 10.4. The van der Waals surface area contributed by atoms with Gasteiger partial charge in [-0.05, 0) is 28.1 Å². The number of pyridine rings is 1. The summed E-state index contributed by atoms with van der Waals surface area (Å²) in [5, 5.41) is 0.408. The molecule has 2 aromatic heterocycles. The normalized spacial score (nSPS) is 10.6. The van der Waals surface area contributed by atoms with Crippen molar-refractivity contribution >= 4 is 39.0 Å². The summed E-state index contributed by atoms with van der Waals surface area (Å²) in [6.45, 7) is 0. The van der Waals surface area contributed by atoms with Gasteiger partial charge in [0.25, 0.3) is 0 Å². The van der Waals surface area contributed by atoms with Crippen molar-refractivity contribution in [3.63, 3.8) is 0 Å². The van der Waals surface area contributed by atoms with Crippen LogP contribution < -0.4 is 0 Å². The van der Waals surface area contributed by atoms with Crippen molar-refractivity contribution < 1.29 is 9.53 Å². The fourth-order valence-corrected chi connectivity index (χ4v) is 1.92. The van der Waals surface area contributed by atoms with Crippen molar-refractivity contribution in [3.05, 3.63) is 33.8 Å². The number of rotatable bonds is 1. The highest BCUT2D eigenvalue weighted by Gasteiger charge is 2.16. The van der Waals surface area contributed by atoms with E-state index in [4.69, 9.17) is 11.6 Å². The molecule has 0 radical (unpaired) electrons. The van der Waals surface area contributed by atoms with Crippen LogP contribution in [0.5, 0.6) is 0 Å². The van der Waals surface area contributed by atoms with Gasteiger partial charge < -0.3 is 4.74 Å². The molecular formula is C9H6BrClN2O2. The van der Waals surface area contributed by atoms with E-state index in [1.165, 1.54) is 11.5 Å². The van der Waals surface area contributed by atoms with Gasteiger partial charge in [-0.25, -0.2) is 9.78 Å². The molecule has 2 rings (SSSR count). The smallest absolute Gasteiger partial charge is 0.374 e. The van der Waals surface area contributed by atoms with E-state index in [2.05, 4.69) is 25.7 Å². The van der Waals surface area contributed by atoms with Gasteiger partial charge in [0.15, 0.2) is 0 Å². The fraction of sp³-hybridized carbons (Fsp3) is 0.111. The Morgan fingerprint density at radius 2 is 2.33 bits per heavy atom. The maximum atomic E-state index is 11.4. The van der Waals surface area contributed by atoms with Gasteiger partial charge in [0.2, 0.25) is 5.82 Å². The highest BCUT2D eigenvalue weighted by atomic mass is 79.9. The minimum Gasteiger partial charge on any atom is -0.463 e. The zero-order valence-corrected chi connectivity index (χ0v) is 10.0. The van der Waals surface area contributed by atoms with Crippen LogP contribution in [-0.4, -0.2) is 22.5 Å². The quantitative estimate of drug-likeness (QED) is 0.598. The van der Waals surface area contributed by atoms with E-state index in [1.807, 2.05) is 0 Å². The van der Waals surface area contributed by atoms with E-state index < -0.39 is 5.97 Å². The molecule has 0 fully saturated rings. The number of aromatic nitrogens is 2. The summed E-state index contributed by atoms with van der Waals surface area (Å²) in [4.78, 5) is 15.3. The molecule has 0 amide bonds. The molecule has 0 N–H and O–H groups in total. The Hall–Kier alpha value is -1.07. The molecule has 15 heavy (non-hydrogen) atoms. The third kappa shape index (κ3) is 1.61. The van der Waals surface area contributed by atoms with Gasteiger partial charge in [0.05, 0.1) is 18.8 Å². The molecule has 0 aliphatic heterocycles. The number of ether oxygens (including phenoxy) is 1. The van der Waals surface area contributed by atoms with E-state index in [1.54, 1.807) is 18.3 Å². The largest absolute Gasteiger partial charge is 0.463 e. The van der Waals surface area contributed by atoms with Crippen molar-refractivity contribution in [1.29, 1.82) is 0 Å². The Morgan fingerprint density at radius 3 is 3.00 bits per heavy atom. The van der Waals surface area contributed by atoms with Crippen LogP contribution in [0.1, 0.15) is 10.6 Å². The molecule has 6 heteroatoms. The van der Waals surface area contributed by atoms with Gasteiger partial charge in [-0.15, -0.1) is 0 Å². The maximum absolute atomic E-state index is 11.4. The second-order valence-electron chi connectivity index (χ2n) is 2.80. The molecule has 0 aromatic carbocycles. The summed E-state index contributed by atoms with van der Waals surface area (Å²) < 4.78 is 6.94. The fourth-order valence-electron chi connectivity index (χ4n) is 1.27. The van der Waals surface area contributed by atoms with Crippen molar-refractivity contribution in [2.24, 2.45) is 0 Å². The molecule has 2 heterocycles. The number of hydrogen-bond donors (Lipinski definition) is 0. The number of esters is 1. The van der Waals surface area contributed by atoms with Crippen LogP contribution in [0.2, 0.25) is 5.15 Å². The predicted molar refractivity (Wildman–Crippen MR) is 59.2 cm³/mol. The first-order valence-electron chi connectivity index (χ1n) is 4.05. The number of nitrogens with zero attached hydrogens (tertiary/aromatic N) is 2. The van der Waals surface area contributed by atoms with Crippen LogP contribution in [0.15, 0.2) is 22.8 Å². The Kier molecular flexibility index (Phi) is 2.67. The summed E-state index contributed by atoms with van der Waals surface area (Å²) in [6, 6.07) is 3.47. The zero-order valence-electron chi connectivity index (χ0n) is 7.70. The first-order valence-corrected chi connectivity index (χ1v) is 5.22. The van der Waals surface area contributed by atoms with Gasteiger partial charge >= 0.3 is 5.97 Å². The van der Waals surface area contributed by atoms with E-state index in [0.717, 1.165) is 9.99 Å². The van der Waals surface area contributed by atoms with Crippen molar-refractivity contribution in [2.45, 2.75) is 0 Å². The molecule has 0 aliphatic carbocycles. The summed E-state index contributed by atoms with van der Waals surface area (Å²) in [6.07, 6.45) is 1.56. The van der Waals surface area contributed by atoms with Gasteiger partial charge in [-0.3, -0.25) is 4.40 Å². The summed E-state index contributed by atoms with van der Waals surface area (Å²) in [7, 11) is 1.30. The number of hydrogen-bond acceptors (Lipinski definition) is 3. The average molecular weight is 290 g/mol. The molecule has 0 bridgehead atoms. The van der Waals surface area contributed by atoms with Crippen LogP contribution in [0.3, 0.4) is 0 Å². The van der Waals surface area contributed by atoms with Crippen LogP contribution in [0, 0.1) is 0 Å². The lowest BCUT2D eigenvalue weighted by Crippen LogP contribution is -2.07. The topological polar surface area (TPSA) is 43.6 Å². The number of carbonyl (C=O) groups is 1. The molecule has 0 saturated carbocycles. The number of methoxy groups -OCH3 is 1. The van der Waals surface area contributed by atoms with E-state index in [9.17, 15) is 4.79 Å². The second kappa shape index (κ2) is 3.83. The van der Waals surface area contributed by atoms with E-state index in [0.29, 0.717) is 5.15 Å². The third-order valence-corrected chi connectivity index (χ3v) is 2.92.